The number of nitrogens with two attached hydrogens (primary N) is 1. The van der Waals surface area contributed by atoms with E-state index >= 15 is 0 Å². The van der Waals surface area contributed by atoms with E-state index in [0.29, 0.717) is 0 Å². The smallest absolute Gasteiger partial charge is 0.369 e. The number of alkyl halides is 3. The first kappa shape index (κ1) is 18.1. The molecular formula is C15H20F4N4OS. The molecule has 5 nitrogen and oxygen atoms in total. The highest BCUT2D eigenvalue weighted by atomic mass is 32.3. The van der Waals surface area contributed by atoms with E-state index in [0.717, 1.165) is 0 Å². The summed E-state index contributed by atoms with van der Waals surface area (Å²) in [7, 11) is -3.74. The van der Waals surface area contributed by atoms with Gasteiger partial charge >= 0.3 is 6.18 Å². The van der Waals surface area contributed by atoms with Crippen molar-refractivity contribution in [2.45, 2.75) is 37.5 Å². The lowest BCUT2D eigenvalue weighted by molar-refractivity contribution is -0.152. The Bertz CT molecular complexity index is 753. The van der Waals surface area contributed by atoms with Crippen LogP contribution >= 0.6 is 0 Å². The van der Waals surface area contributed by atoms with Gasteiger partial charge in [-0.1, -0.05) is 18.2 Å². The van der Waals surface area contributed by atoms with Gasteiger partial charge in [0.15, 0.2) is 0 Å². The van der Waals surface area contributed by atoms with Gasteiger partial charge in [0.25, 0.3) is 0 Å². The van der Waals surface area contributed by atoms with E-state index in [1.807, 2.05) is 0 Å². The van der Waals surface area contributed by atoms with E-state index in [2.05, 4.69) is 9.71 Å². The maximum atomic E-state index is 14.2. The van der Waals surface area contributed by atoms with Crippen molar-refractivity contribution in [3.63, 3.8) is 0 Å². The van der Waals surface area contributed by atoms with Gasteiger partial charge in [0.1, 0.15) is 17.4 Å². The molecule has 1 aromatic carbocycles. The van der Waals surface area contributed by atoms with E-state index in [4.69, 9.17) is 5.73 Å². The molecule has 2 aliphatic rings. The highest BCUT2D eigenvalue weighted by Crippen LogP contribution is 2.38. The number of hydrogen-bond donors (Lipinski definition) is 3. The van der Waals surface area contributed by atoms with Gasteiger partial charge in [-0.2, -0.15) is 13.2 Å². The van der Waals surface area contributed by atoms with Crippen LogP contribution in [0.4, 0.5) is 17.6 Å². The van der Waals surface area contributed by atoms with Crippen LogP contribution in [0.25, 0.3) is 0 Å². The van der Waals surface area contributed by atoms with Crippen LogP contribution in [0.5, 0.6) is 0 Å². The molecule has 25 heavy (non-hydrogen) atoms. The monoisotopic (exact) mass is 380 g/mol. The van der Waals surface area contributed by atoms with Gasteiger partial charge in [-0.05, 0) is 25.8 Å². The molecule has 0 aromatic heterocycles. The van der Waals surface area contributed by atoms with E-state index in [-0.39, 0.29) is 36.7 Å². The number of thiol groups is 1. The Morgan fingerprint density at radius 3 is 2.72 bits per heavy atom. The summed E-state index contributed by atoms with van der Waals surface area (Å²) in [5.41, 5.74) is 4.77. The van der Waals surface area contributed by atoms with Gasteiger partial charge in [-0.15, -0.1) is 0 Å². The maximum Gasteiger partial charge on any atom is 0.404 e. The molecule has 0 unspecified atom stereocenters. The SMILES string of the molecule is C[C@@]1(c2ccccc2F)C[SH]2(=O)N[C@H](C(F)(F)F)CCCN2C(N)=N1. The summed E-state index contributed by atoms with van der Waals surface area (Å²) in [6, 6.07) is 3.91. The van der Waals surface area contributed by atoms with Crippen molar-refractivity contribution < 1.29 is 21.8 Å². The fraction of sp³-hybridized carbons (Fsp3) is 0.533. The Labute approximate surface area is 144 Å². The average molecular weight is 380 g/mol. The van der Waals surface area contributed by atoms with Gasteiger partial charge in [-0.25, -0.2) is 14.1 Å². The highest BCUT2D eigenvalue weighted by molar-refractivity contribution is 7.99. The number of hydrogen-bond acceptors (Lipinski definition) is 3. The van der Waals surface area contributed by atoms with Gasteiger partial charge < -0.3 is 5.73 Å². The molecule has 0 amide bonds. The molecule has 1 fully saturated rings. The number of fused-ring (bicyclic) bond motifs is 1. The van der Waals surface area contributed by atoms with E-state index in [1.54, 1.807) is 6.07 Å². The van der Waals surface area contributed by atoms with Crippen LogP contribution in [0, 0.1) is 5.82 Å². The molecule has 1 aromatic rings. The zero-order chi connectivity index (χ0) is 18.5. The normalized spacial score (nSPS) is 30.8. The van der Waals surface area contributed by atoms with E-state index in [9.17, 15) is 21.8 Å². The standard InChI is InChI=1S/C15H20F4N4OS/c1-14(10-5-2-3-6-11(10)16)9-25(24)22-12(15(17,18)19)7-4-8-23(25)13(20)21-14/h2-3,5-6,12,25H,4,7-9H2,1H3,(H2,20,21)(H,22,24)/t12-,14-/m0/s1. The predicted octanol–water partition coefficient (Wildman–Crippen LogP) is 1.83. The Morgan fingerprint density at radius 2 is 2.08 bits per heavy atom. The molecule has 0 radical (unpaired) electrons. The minimum Gasteiger partial charge on any atom is -0.369 e. The van der Waals surface area contributed by atoms with Crippen LogP contribution in [0.1, 0.15) is 25.3 Å². The summed E-state index contributed by atoms with van der Waals surface area (Å²) < 4.78 is 70.8. The lowest BCUT2D eigenvalue weighted by atomic mass is 9.94. The Kier molecular flexibility index (Phi) is 4.31. The second kappa shape index (κ2) is 5.94. The Morgan fingerprint density at radius 1 is 1.40 bits per heavy atom. The zero-order valence-electron chi connectivity index (χ0n) is 13.6. The predicted molar refractivity (Wildman–Crippen MR) is 88.7 cm³/mol. The average Bonchev–Trinajstić information content (AvgIpc) is 2.65. The molecule has 0 bridgehead atoms. The molecule has 0 spiro atoms. The lowest BCUT2D eigenvalue weighted by Gasteiger charge is -2.46. The molecule has 140 valence electrons. The number of benzene rings is 1. The second-order valence-electron chi connectivity index (χ2n) is 6.57. The number of guanidine groups is 1. The van der Waals surface area contributed by atoms with Crippen molar-refractivity contribution >= 4 is 16.3 Å². The highest BCUT2D eigenvalue weighted by Gasteiger charge is 2.49. The zero-order valence-corrected chi connectivity index (χ0v) is 14.4. The summed E-state index contributed by atoms with van der Waals surface area (Å²) in [4.78, 5) is 4.29. The third-order valence-electron chi connectivity index (χ3n) is 4.61. The number of nitrogens with one attached hydrogen (secondary N) is 1. The van der Waals surface area contributed by atoms with Gasteiger partial charge in [0, 0.05) is 22.4 Å². The van der Waals surface area contributed by atoms with Crippen molar-refractivity contribution in [3.05, 3.63) is 35.6 Å². The lowest BCUT2D eigenvalue weighted by Crippen LogP contribution is -2.62. The van der Waals surface area contributed by atoms with Crippen molar-refractivity contribution in [2.75, 3.05) is 12.3 Å². The minimum absolute atomic E-state index is 0.111. The van der Waals surface area contributed by atoms with Crippen LogP contribution in [0.2, 0.25) is 0 Å². The first-order valence-electron chi connectivity index (χ1n) is 7.87. The number of aliphatic imine (C=N–C) groups is 1. The third-order valence-corrected chi connectivity index (χ3v) is 7.55. The van der Waals surface area contributed by atoms with Crippen molar-refractivity contribution in [1.82, 2.24) is 9.03 Å². The molecule has 0 aliphatic carbocycles. The molecule has 2 atom stereocenters. The summed E-state index contributed by atoms with van der Waals surface area (Å²) in [6.07, 6.45) is -4.55. The fourth-order valence-corrected chi connectivity index (χ4v) is 6.52. The minimum atomic E-state index is -4.52. The van der Waals surface area contributed by atoms with Crippen LogP contribution in [-0.4, -0.2) is 39.0 Å². The quantitative estimate of drug-likeness (QED) is 0.514. The molecular weight excluding hydrogens is 360 g/mol. The van der Waals surface area contributed by atoms with Crippen molar-refractivity contribution in [1.29, 1.82) is 0 Å². The molecule has 10 heteroatoms. The summed E-state index contributed by atoms with van der Waals surface area (Å²) in [6.45, 7) is 1.64. The molecule has 3 rings (SSSR count). The fourth-order valence-electron chi connectivity index (χ4n) is 3.44. The van der Waals surface area contributed by atoms with Crippen LogP contribution in [0.3, 0.4) is 0 Å². The van der Waals surface area contributed by atoms with E-state index in [1.165, 1.54) is 29.4 Å². The van der Waals surface area contributed by atoms with Crippen LogP contribution < -0.4 is 10.5 Å². The van der Waals surface area contributed by atoms with Crippen molar-refractivity contribution in [3.8, 4) is 0 Å². The molecule has 3 N–H and O–H groups in total. The topological polar surface area (TPSA) is 70.7 Å². The molecule has 2 heterocycles. The van der Waals surface area contributed by atoms with Gasteiger partial charge in [0.05, 0.1) is 5.75 Å². The number of nitrogens with zero attached hydrogens (tertiary/aromatic N) is 2. The Balaban J connectivity index is 2.05. The van der Waals surface area contributed by atoms with Crippen LogP contribution in [0.15, 0.2) is 29.3 Å². The third kappa shape index (κ3) is 3.24. The number of halogens is 4. The largest absolute Gasteiger partial charge is 0.404 e. The number of rotatable bonds is 1. The first-order chi connectivity index (χ1) is 11.6. The molecule has 1 saturated heterocycles. The Hall–Kier alpha value is -1.68. The summed E-state index contributed by atoms with van der Waals surface area (Å²) in [5, 5.41) is 0. The maximum absolute atomic E-state index is 14.2. The molecule has 2 aliphatic heterocycles. The van der Waals surface area contributed by atoms with Crippen molar-refractivity contribution in [2.24, 2.45) is 10.7 Å². The summed E-state index contributed by atoms with van der Waals surface area (Å²) >= 11 is 0. The van der Waals surface area contributed by atoms with Gasteiger partial charge in [0.2, 0.25) is 5.96 Å². The first-order valence-corrected chi connectivity index (χ1v) is 9.72. The van der Waals surface area contributed by atoms with Crippen LogP contribution in [-0.2, 0) is 15.8 Å². The van der Waals surface area contributed by atoms with Gasteiger partial charge in [-0.3, -0.25) is 8.51 Å². The summed E-state index contributed by atoms with van der Waals surface area (Å²) in [5.74, 6) is -0.965. The second-order valence-corrected chi connectivity index (χ2v) is 9.03. The molecule has 0 saturated carbocycles. The van der Waals surface area contributed by atoms with E-state index < -0.39 is 33.9 Å².